The SMILES string of the molecule is CC1CN(Cc2csc(NC(=O)CCN3C(=O)C(C)Oc4ccccc43)n2)CC(C)O1. The summed E-state index contributed by atoms with van der Waals surface area (Å²) in [6, 6.07) is 7.38. The number of anilines is 2. The number of carbonyl (C=O) groups is 2. The molecule has 1 aromatic carbocycles. The van der Waals surface area contributed by atoms with Crippen LogP contribution in [0.15, 0.2) is 29.6 Å². The largest absolute Gasteiger partial charge is 0.479 e. The first-order chi connectivity index (χ1) is 14.9. The molecule has 3 heterocycles. The summed E-state index contributed by atoms with van der Waals surface area (Å²) in [5, 5.41) is 5.42. The zero-order valence-electron chi connectivity index (χ0n) is 18.0. The van der Waals surface area contributed by atoms with E-state index < -0.39 is 6.10 Å². The van der Waals surface area contributed by atoms with Crippen LogP contribution in [0.2, 0.25) is 0 Å². The van der Waals surface area contributed by atoms with E-state index in [1.807, 2.05) is 29.6 Å². The number of aromatic nitrogens is 1. The van der Waals surface area contributed by atoms with Gasteiger partial charge >= 0.3 is 0 Å². The fourth-order valence-electron chi connectivity index (χ4n) is 4.06. The van der Waals surface area contributed by atoms with Crippen molar-refractivity contribution in [3.8, 4) is 5.75 Å². The Morgan fingerprint density at radius 2 is 1.97 bits per heavy atom. The Morgan fingerprint density at radius 3 is 2.74 bits per heavy atom. The lowest BCUT2D eigenvalue weighted by molar-refractivity contribution is -0.125. The van der Waals surface area contributed by atoms with E-state index in [0.717, 1.165) is 25.3 Å². The molecule has 1 saturated heterocycles. The number of ether oxygens (including phenoxy) is 2. The molecule has 31 heavy (non-hydrogen) atoms. The van der Waals surface area contributed by atoms with E-state index in [1.165, 1.54) is 11.3 Å². The Kier molecular flexibility index (Phi) is 6.54. The first kappa shape index (κ1) is 21.7. The number of benzene rings is 1. The van der Waals surface area contributed by atoms with Crippen LogP contribution in [0, 0.1) is 0 Å². The Morgan fingerprint density at radius 1 is 1.23 bits per heavy atom. The second-order valence-corrected chi connectivity index (χ2v) is 8.97. The van der Waals surface area contributed by atoms with Crippen molar-refractivity contribution >= 4 is 34.0 Å². The first-order valence-corrected chi connectivity index (χ1v) is 11.5. The van der Waals surface area contributed by atoms with Gasteiger partial charge in [-0.25, -0.2) is 4.98 Å². The van der Waals surface area contributed by atoms with Crippen LogP contribution in [0.4, 0.5) is 10.8 Å². The van der Waals surface area contributed by atoms with Crippen molar-refractivity contribution in [2.45, 2.75) is 52.0 Å². The lowest BCUT2D eigenvalue weighted by atomic mass is 10.1. The lowest BCUT2D eigenvalue weighted by Crippen LogP contribution is -2.45. The predicted octanol–water partition coefficient (Wildman–Crippen LogP) is 2.90. The fourth-order valence-corrected chi connectivity index (χ4v) is 4.78. The summed E-state index contributed by atoms with van der Waals surface area (Å²) < 4.78 is 11.4. The standard InChI is InChI=1S/C22H28N4O4S/c1-14-10-25(11-15(2)29-14)12-17-13-31-22(23-17)24-20(27)8-9-26-18-6-4-5-7-19(18)30-16(3)21(26)28/h4-7,13-16H,8-12H2,1-3H3,(H,23,24,27). The third kappa shape index (κ3) is 5.23. The van der Waals surface area contributed by atoms with E-state index >= 15 is 0 Å². The molecule has 0 saturated carbocycles. The van der Waals surface area contributed by atoms with Crippen LogP contribution in [0.25, 0.3) is 0 Å². The van der Waals surface area contributed by atoms with Gasteiger partial charge in [0.25, 0.3) is 5.91 Å². The highest BCUT2D eigenvalue weighted by atomic mass is 32.1. The molecule has 1 fully saturated rings. The third-order valence-corrected chi connectivity index (χ3v) is 6.12. The van der Waals surface area contributed by atoms with Crippen LogP contribution in [0.3, 0.4) is 0 Å². The molecule has 8 nitrogen and oxygen atoms in total. The maximum Gasteiger partial charge on any atom is 0.267 e. The molecule has 0 aliphatic carbocycles. The summed E-state index contributed by atoms with van der Waals surface area (Å²) in [7, 11) is 0. The van der Waals surface area contributed by atoms with Gasteiger partial charge in [-0.2, -0.15) is 0 Å². The Hall–Kier alpha value is -2.49. The molecule has 2 aliphatic heterocycles. The number of rotatable bonds is 6. The highest BCUT2D eigenvalue weighted by molar-refractivity contribution is 7.13. The van der Waals surface area contributed by atoms with Crippen molar-refractivity contribution in [3.63, 3.8) is 0 Å². The molecule has 1 aromatic heterocycles. The highest BCUT2D eigenvalue weighted by Gasteiger charge is 2.31. The molecular formula is C22H28N4O4S. The summed E-state index contributed by atoms with van der Waals surface area (Å²) in [5.41, 5.74) is 1.64. The van der Waals surface area contributed by atoms with Gasteiger partial charge in [-0.05, 0) is 32.9 Å². The second kappa shape index (κ2) is 9.33. The number of thiazole rings is 1. The molecule has 3 unspecified atom stereocenters. The predicted molar refractivity (Wildman–Crippen MR) is 120 cm³/mol. The van der Waals surface area contributed by atoms with E-state index in [4.69, 9.17) is 9.47 Å². The van der Waals surface area contributed by atoms with Crippen LogP contribution < -0.4 is 15.0 Å². The number of nitrogens with zero attached hydrogens (tertiary/aromatic N) is 3. The third-order valence-electron chi connectivity index (χ3n) is 5.32. The van der Waals surface area contributed by atoms with E-state index in [9.17, 15) is 9.59 Å². The minimum Gasteiger partial charge on any atom is -0.479 e. The number of hydrogen-bond donors (Lipinski definition) is 1. The minimum atomic E-state index is -0.565. The van der Waals surface area contributed by atoms with Crippen molar-refractivity contribution < 1.29 is 19.1 Å². The molecule has 3 atom stereocenters. The average molecular weight is 445 g/mol. The summed E-state index contributed by atoms with van der Waals surface area (Å²) in [6.45, 7) is 8.65. The molecule has 2 amide bonds. The van der Waals surface area contributed by atoms with Gasteiger partial charge in [0.1, 0.15) is 5.75 Å². The van der Waals surface area contributed by atoms with Crippen LogP contribution >= 0.6 is 11.3 Å². The summed E-state index contributed by atoms with van der Waals surface area (Å²) in [5.74, 6) is 0.349. The molecule has 166 valence electrons. The van der Waals surface area contributed by atoms with E-state index in [-0.39, 0.29) is 37.0 Å². The number of nitrogens with one attached hydrogen (secondary N) is 1. The number of amides is 2. The summed E-state index contributed by atoms with van der Waals surface area (Å²) >= 11 is 1.42. The van der Waals surface area contributed by atoms with Gasteiger partial charge < -0.3 is 19.7 Å². The number of carbonyl (C=O) groups excluding carboxylic acids is 2. The molecule has 2 aromatic rings. The summed E-state index contributed by atoms with van der Waals surface area (Å²) in [4.78, 5) is 33.5. The number of para-hydroxylation sites is 2. The summed E-state index contributed by atoms with van der Waals surface area (Å²) in [6.07, 6.45) is 0.0277. The van der Waals surface area contributed by atoms with Crippen molar-refractivity contribution in [1.29, 1.82) is 0 Å². The van der Waals surface area contributed by atoms with Gasteiger partial charge in [-0.15, -0.1) is 11.3 Å². The number of fused-ring (bicyclic) bond motifs is 1. The normalized spacial score (nSPS) is 23.9. The van der Waals surface area contributed by atoms with Gasteiger partial charge in [0, 0.05) is 38.0 Å². The second-order valence-electron chi connectivity index (χ2n) is 8.11. The van der Waals surface area contributed by atoms with Gasteiger partial charge in [0.15, 0.2) is 11.2 Å². The highest BCUT2D eigenvalue weighted by Crippen LogP contribution is 2.33. The smallest absolute Gasteiger partial charge is 0.267 e. The van der Waals surface area contributed by atoms with Crippen molar-refractivity contribution in [1.82, 2.24) is 9.88 Å². The maximum atomic E-state index is 12.5. The van der Waals surface area contributed by atoms with Gasteiger partial charge in [-0.1, -0.05) is 12.1 Å². The Bertz CT molecular complexity index is 939. The molecule has 0 radical (unpaired) electrons. The monoisotopic (exact) mass is 444 g/mol. The first-order valence-electron chi connectivity index (χ1n) is 10.6. The van der Waals surface area contributed by atoms with Gasteiger partial charge in [0.05, 0.1) is 23.6 Å². The Balaban J connectivity index is 1.31. The molecule has 0 spiro atoms. The molecule has 1 N–H and O–H groups in total. The van der Waals surface area contributed by atoms with E-state index in [2.05, 4.69) is 29.0 Å². The van der Waals surface area contributed by atoms with E-state index in [0.29, 0.717) is 16.6 Å². The topological polar surface area (TPSA) is 84.0 Å². The molecule has 9 heteroatoms. The average Bonchev–Trinajstić information content (AvgIpc) is 3.14. The molecule has 2 aliphatic rings. The molecular weight excluding hydrogens is 416 g/mol. The van der Waals surface area contributed by atoms with Crippen molar-refractivity contribution in [2.75, 3.05) is 29.9 Å². The minimum absolute atomic E-state index is 0.142. The van der Waals surface area contributed by atoms with Crippen molar-refractivity contribution in [3.05, 3.63) is 35.3 Å². The van der Waals surface area contributed by atoms with Crippen molar-refractivity contribution in [2.24, 2.45) is 0 Å². The van der Waals surface area contributed by atoms with Crippen LogP contribution in [-0.2, 0) is 20.9 Å². The van der Waals surface area contributed by atoms with Crippen LogP contribution in [-0.4, -0.2) is 59.6 Å². The van der Waals surface area contributed by atoms with Crippen LogP contribution in [0.1, 0.15) is 32.9 Å². The molecule has 4 rings (SSSR count). The maximum absolute atomic E-state index is 12.5. The zero-order chi connectivity index (χ0) is 22.0. The van der Waals surface area contributed by atoms with Crippen LogP contribution in [0.5, 0.6) is 5.75 Å². The lowest BCUT2D eigenvalue weighted by Gasteiger charge is -2.34. The Labute approximate surface area is 186 Å². The van der Waals surface area contributed by atoms with Gasteiger partial charge in [0.2, 0.25) is 5.91 Å². The fraction of sp³-hybridized carbons (Fsp3) is 0.500. The molecule has 0 bridgehead atoms. The van der Waals surface area contributed by atoms with E-state index in [1.54, 1.807) is 11.8 Å². The number of hydrogen-bond acceptors (Lipinski definition) is 7. The van der Waals surface area contributed by atoms with Gasteiger partial charge in [-0.3, -0.25) is 14.5 Å². The zero-order valence-corrected chi connectivity index (χ0v) is 18.9. The quantitative estimate of drug-likeness (QED) is 0.738. The number of morpholine rings is 1.